The number of rotatable bonds is 6. The van der Waals surface area contributed by atoms with Gasteiger partial charge in [-0.15, -0.1) is 5.10 Å². The van der Waals surface area contributed by atoms with Gasteiger partial charge in [-0.2, -0.15) is 0 Å². The number of amides is 2. The van der Waals surface area contributed by atoms with Crippen LogP contribution in [0, 0.1) is 5.82 Å². The molecule has 0 unspecified atom stereocenters. The van der Waals surface area contributed by atoms with Crippen LogP contribution in [0.1, 0.15) is 10.5 Å². The fraction of sp³-hybridized carbons (Fsp3) is 0.111. The highest BCUT2D eigenvalue weighted by molar-refractivity contribution is 6.32. The molecule has 0 saturated carbocycles. The lowest BCUT2D eigenvalue weighted by atomic mass is 10.3. The van der Waals surface area contributed by atoms with Crippen LogP contribution in [0.25, 0.3) is 0 Å². The number of carbonyl (C=O) groups is 2. The van der Waals surface area contributed by atoms with E-state index in [0.29, 0.717) is 16.5 Å². The lowest BCUT2D eigenvalue weighted by Crippen LogP contribution is -2.21. The Bertz CT molecular complexity index is 1120. The molecular formula is C18H15Cl2FN6O3. The molecule has 0 fully saturated rings. The van der Waals surface area contributed by atoms with Gasteiger partial charge in [-0.3, -0.25) is 9.59 Å². The zero-order valence-corrected chi connectivity index (χ0v) is 17.0. The molecule has 0 aliphatic rings. The molecule has 2 amide bonds. The largest absolute Gasteiger partial charge is 0.495 e. The van der Waals surface area contributed by atoms with Gasteiger partial charge in [-0.1, -0.05) is 28.4 Å². The number of halogens is 3. The van der Waals surface area contributed by atoms with Gasteiger partial charge in [0, 0.05) is 11.4 Å². The number of nitrogens with two attached hydrogens (primary N) is 1. The topological polar surface area (TPSA) is 124 Å². The number of nitrogen functional groups attached to an aromatic ring is 1. The van der Waals surface area contributed by atoms with E-state index in [1.807, 2.05) is 0 Å². The van der Waals surface area contributed by atoms with Crippen molar-refractivity contribution in [2.75, 3.05) is 23.5 Å². The fourth-order valence-electron chi connectivity index (χ4n) is 2.44. The maximum absolute atomic E-state index is 13.2. The normalized spacial score (nSPS) is 10.5. The van der Waals surface area contributed by atoms with Gasteiger partial charge in [-0.25, -0.2) is 9.07 Å². The molecule has 2 aromatic carbocycles. The second kappa shape index (κ2) is 8.97. The van der Waals surface area contributed by atoms with E-state index in [9.17, 15) is 14.0 Å². The summed E-state index contributed by atoms with van der Waals surface area (Å²) in [5.74, 6) is -1.44. The average Bonchev–Trinajstić information content (AvgIpc) is 3.05. The predicted molar refractivity (Wildman–Crippen MR) is 110 cm³/mol. The van der Waals surface area contributed by atoms with E-state index in [4.69, 9.17) is 33.7 Å². The third-order valence-electron chi connectivity index (χ3n) is 3.89. The molecule has 0 atom stereocenters. The quantitative estimate of drug-likeness (QED) is 0.527. The van der Waals surface area contributed by atoms with E-state index in [-0.39, 0.29) is 28.8 Å². The summed E-state index contributed by atoms with van der Waals surface area (Å²) in [6.45, 7) is -0.294. The van der Waals surface area contributed by atoms with Crippen LogP contribution >= 0.6 is 23.2 Å². The Kier molecular flexibility index (Phi) is 6.38. The summed E-state index contributed by atoms with van der Waals surface area (Å²) in [5, 5.41) is 12.7. The van der Waals surface area contributed by atoms with Crippen molar-refractivity contribution in [2.24, 2.45) is 0 Å². The van der Waals surface area contributed by atoms with Crippen molar-refractivity contribution in [2.45, 2.75) is 6.54 Å². The van der Waals surface area contributed by atoms with Gasteiger partial charge in [0.2, 0.25) is 5.91 Å². The van der Waals surface area contributed by atoms with Gasteiger partial charge in [-0.05, 0) is 36.4 Å². The number of nitrogens with zero attached hydrogens (tertiary/aromatic N) is 3. The standard InChI is InChI=1S/C18H15Cl2FN6O3/c1-30-14-5-3-9(7-12(14)20)23-15(28)8-27-17(22)16(25-26-27)18(29)24-10-2-4-13(21)11(19)6-10/h2-7H,8,22H2,1H3,(H,23,28)(H,24,29). The molecule has 0 aliphatic carbocycles. The van der Waals surface area contributed by atoms with E-state index >= 15 is 0 Å². The summed E-state index contributed by atoms with van der Waals surface area (Å²) >= 11 is 11.7. The molecule has 12 heteroatoms. The number of methoxy groups -OCH3 is 1. The first-order valence-corrected chi connectivity index (χ1v) is 9.13. The maximum atomic E-state index is 13.2. The molecule has 9 nitrogen and oxygen atoms in total. The molecule has 30 heavy (non-hydrogen) atoms. The molecule has 3 rings (SSSR count). The second-order valence-electron chi connectivity index (χ2n) is 5.96. The monoisotopic (exact) mass is 452 g/mol. The van der Waals surface area contributed by atoms with Crippen molar-refractivity contribution >= 4 is 52.2 Å². The molecule has 1 heterocycles. The second-order valence-corrected chi connectivity index (χ2v) is 6.78. The minimum absolute atomic E-state index is 0.122. The fourth-order valence-corrected chi connectivity index (χ4v) is 2.88. The van der Waals surface area contributed by atoms with Crippen LogP contribution < -0.4 is 21.1 Å². The van der Waals surface area contributed by atoms with Crippen molar-refractivity contribution in [3.8, 4) is 5.75 Å². The summed E-state index contributed by atoms with van der Waals surface area (Å²) in [6, 6.07) is 8.41. The molecule has 0 spiro atoms. The zero-order chi connectivity index (χ0) is 21.8. The van der Waals surface area contributed by atoms with Crippen molar-refractivity contribution < 1.29 is 18.7 Å². The van der Waals surface area contributed by atoms with Crippen LogP contribution in [0.5, 0.6) is 5.75 Å². The van der Waals surface area contributed by atoms with Gasteiger partial charge in [0.15, 0.2) is 11.5 Å². The minimum Gasteiger partial charge on any atom is -0.495 e. The molecule has 0 saturated heterocycles. The van der Waals surface area contributed by atoms with E-state index in [2.05, 4.69) is 20.9 Å². The molecule has 4 N–H and O–H groups in total. The highest BCUT2D eigenvalue weighted by Gasteiger charge is 2.19. The molecule has 0 bridgehead atoms. The number of aromatic nitrogens is 3. The first-order chi connectivity index (χ1) is 14.3. The van der Waals surface area contributed by atoms with Crippen LogP contribution in [-0.2, 0) is 11.3 Å². The van der Waals surface area contributed by atoms with Crippen LogP contribution in [-0.4, -0.2) is 33.9 Å². The van der Waals surface area contributed by atoms with Gasteiger partial charge < -0.3 is 21.1 Å². The highest BCUT2D eigenvalue weighted by Crippen LogP contribution is 2.27. The molecule has 0 radical (unpaired) electrons. The summed E-state index contributed by atoms with van der Waals surface area (Å²) in [6.07, 6.45) is 0. The van der Waals surface area contributed by atoms with Crippen LogP contribution in [0.2, 0.25) is 10.0 Å². The Morgan fingerprint density at radius 3 is 2.47 bits per heavy atom. The summed E-state index contributed by atoms with van der Waals surface area (Å²) in [5.41, 5.74) is 6.38. The Hall–Kier alpha value is -3.37. The summed E-state index contributed by atoms with van der Waals surface area (Å²) in [4.78, 5) is 24.6. The van der Waals surface area contributed by atoms with Crippen molar-refractivity contribution in [3.63, 3.8) is 0 Å². The van der Waals surface area contributed by atoms with Gasteiger partial charge in [0.25, 0.3) is 5.91 Å². The Labute approximate surface area is 179 Å². The van der Waals surface area contributed by atoms with Gasteiger partial charge in [0.05, 0.1) is 17.2 Å². The van der Waals surface area contributed by atoms with E-state index < -0.39 is 17.6 Å². The molecule has 3 aromatic rings. The van der Waals surface area contributed by atoms with E-state index in [1.165, 1.54) is 25.3 Å². The Morgan fingerprint density at radius 2 is 1.80 bits per heavy atom. The third-order valence-corrected chi connectivity index (χ3v) is 4.48. The average molecular weight is 453 g/mol. The van der Waals surface area contributed by atoms with Crippen molar-refractivity contribution in [1.29, 1.82) is 0 Å². The number of carbonyl (C=O) groups excluding carboxylic acids is 2. The number of ether oxygens (including phenoxy) is 1. The van der Waals surface area contributed by atoms with E-state index in [0.717, 1.165) is 10.7 Å². The highest BCUT2D eigenvalue weighted by atomic mass is 35.5. The minimum atomic E-state index is -0.691. The Balaban J connectivity index is 1.67. The van der Waals surface area contributed by atoms with E-state index in [1.54, 1.807) is 12.1 Å². The lowest BCUT2D eigenvalue weighted by molar-refractivity contribution is -0.116. The van der Waals surface area contributed by atoms with Crippen LogP contribution in [0.3, 0.4) is 0 Å². The molecule has 1 aromatic heterocycles. The molecule has 0 aliphatic heterocycles. The number of anilines is 3. The first-order valence-electron chi connectivity index (χ1n) is 8.37. The maximum Gasteiger partial charge on any atom is 0.280 e. The van der Waals surface area contributed by atoms with Crippen LogP contribution in [0.15, 0.2) is 36.4 Å². The van der Waals surface area contributed by atoms with Gasteiger partial charge >= 0.3 is 0 Å². The smallest absolute Gasteiger partial charge is 0.280 e. The number of hydrogen-bond acceptors (Lipinski definition) is 6. The first kappa shape index (κ1) is 21.3. The number of nitrogens with one attached hydrogen (secondary N) is 2. The van der Waals surface area contributed by atoms with Gasteiger partial charge in [0.1, 0.15) is 18.1 Å². The third kappa shape index (κ3) is 4.78. The summed E-state index contributed by atoms with van der Waals surface area (Å²) < 4.78 is 19.3. The SMILES string of the molecule is COc1ccc(NC(=O)Cn2nnc(C(=O)Nc3ccc(F)c(Cl)c3)c2N)cc1Cl. The van der Waals surface area contributed by atoms with Crippen LogP contribution in [0.4, 0.5) is 21.6 Å². The van der Waals surface area contributed by atoms with Crippen molar-refractivity contribution in [1.82, 2.24) is 15.0 Å². The van der Waals surface area contributed by atoms with Crippen molar-refractivity contribution in [3.05, 3.63) is 58.0 Å². The predicted octanol–water partition coefficient (Wildman–Crippen LogP) is 3.21. The number of hydrogen-bond donors (Lipinski definition) is 3. The molecular weight excluding hydrogens is 438 g/mol. The number of benzene rings is 2. The molecule has 156 valence electrons. The Morgan fingerprint density at radius 1 is 1.13 bits per heavy atom. The zero-order valence-electron chi connectivity index (χ0n) is 15.4. The lowest BCUT2D eigenvalue weighted by Gasteiger charge is -2.08. The summed E-state index contributed by atoms with van der Waals surface area (Å²) in [7, 11) is 1.48.